The highest BCUT2D eigenvalue weighted by molar-refractivity contribution is 9.10. The van der Waals surface area contributed by atoms with Crippen LogP contribution in [0.5, 0.6) is 0 Å². The van der Waals surface area contributed by atoms with Gasteiger partial charge in [-0.3, -0.25) is 0 Å². The number of hydrogen-bond donors (Lipinski definition) is 2. The van der Waals surface area contributed by atoms with Crippen molar-refractivity contribution in [1.82, 2.24) is 5.32 Å². The third-order valence-corrected chi connectivity index (χ3v) is 3.03. The van der Waals surface area contributed by atoms with Crippen molar-refractivity contribution in [3.05, 3.63) is 58.2 Å². The van der Waals surface area contributed by atoms with Gasteiger partial charge in [-0.2, -0.15) is 0 Å². The summed E-state index contributed by atoms with van der Waals surface area (Å²) in [6.07, 6.45) is 0.780. The standard InChI is InChI=1S/C13H13BrFNO2/c14-10-3-4-11(15)9(6-10)7-16-8-12(17)13-2-1-5-18-13/h1-6,12,16-17H,7-8H2. The Morgan fingerprint density at radius 1 is 1.39 bits per heavy atom. The molecule has 2 aromatic rings. The van der Waals surface area contributed by atoms with Gasteiger partial charge in [0, 0.05) is 23.1 Å². The molecule has 0 aliphatic rings. The molecule has 1 unspecified atom stereocenters. The maximum Gasteiger partial charge on any atom is 0.133 e. The first-order chi connectivity index (χ1) is 8.66. The summed E-state index contributed by atoms with van der Waals surface area (Å²) in [7, 11) is 0. The van der Waals surface area contributed by atoms with Crippen molar-refractivity contribution >= 4 is 15.9 Å². The van der Waals surface area contributed by atoms with Crippen molar-refractivity contribution in [1.29, 1.82) is 0 Å². The van der Waals surface area contributed by atoms with E-state index in [1.807, 2.05) is 0 Å². The third-order valence-electron chi connectivity index (χ3n) is 2.53. The molecule has 2 rings (SSSR count). The fourth-order valence-electron chi connectivity index (χ4n) is 1.60. The lowest BCUT2D eigenvalue weighted by Crippen LogP contribution is -2.21. The molecule has 1 aromatic carbocycles. The maximum absolute atomic E-state index is 13.4. The van der Waals surface area contributed by atoms with E-state index in [0.29, 0.717) is 24.4 Å². The number of nitrogens with one attached hydrogen (secondary N) is 1. The lowest BCUT2D eigenvalue weighted by atomic mass is 10.2. The Labute approximate surface area is 113 Å². The number of rotatable bonds is 5. The molecule has 1 heterocycles. The molecule has 0 aliphatic heterocycles. The summed E-state index contributed by atoms with van der Waals surface area (Å²) in [5.41, 5.74) is 0.552. The normalized spacial score (nSPS) is 12.6. The van der Waals surface area contributed by atoms with Crippen LogP contribution in [-0.4, -0.2) is 11.7 Å². The van der Waals surface area contributed by atoms with Gasteiger partial charge in [0.2, 0.25) is 0 Å². The number of hydrogen-bond acceptors (Lipinski definition) is 3. The van der Waals surface area contributed by atoms with Crippen molar-refractivity contribution in [2.24, 2.45) is 0 Å². The Kier molecular flexibility index (Phi) is 4.52. The summed E-state index contributed by atoms with van der Waals surface area (Å²) in [5, 5.41) is 12.7. The minimum absolute atomic E-state index is 0.266. The van der Waals surface area contributed by atoms with Crippen LogP contribution < -0.4 is 5.32 Å². The number of aliphatic hydroxyl groups excluding tert-OH is 1. The van der Waals surface area contributed by atoms with Crippen molar-refractivity contribution in [3.8, 4) is 0 Å². The van der Waals surface area contributed by atoms with Crippen molar-refractivity contribution in [3.63, 3.8) is 0 Å². The Morgan fingerprint density at radius 3 is 2.94 bits per heavy atom. The summed E-state index contributed by atoms with van der Waals surface area (Å²) in [6.45, 7) is 0.655. The third kappa shape index (κ3) is 3.41. The van der Waals surface area contributed by atoms with Gasteiger partial charge in [-0.05, 0) is 30.3 Å². The van der Waals surface area contributed by atoms with E-state index < -0.39 is 6.10 Å². The van der Waals surface area contributed by atoms with Gasteiger partial charge >= 0.3 is 0 Å². The van der Waals surface area contributed by atoms with Crippen LogP contribution in [0.2, 0.25) is 0 Å². The van der Waals surface area contributed by atoms with Crippen molar-refractivity contribution in [2.75, 3.05) is 6.54 Å². The van der Waals surface area contributed by atoms with E-state index in [-0.39, 0.29) is 5.82 Å². The molecule has 0 amide bonds. The second-order valence-electron chi connectivity index (χ2n) is 3.90. The van der Waals surface area contributed by atoms with Crippen LogP contribution in [0, 0.1) is 5.82 Å². The van der Waals surface area contributed by atoms with Gasteiger partial charge in [0.1, 0.15) is 17.7 Å². The van der Waals surface area contributed by atoms with E-state index in [0.717, 1.165) is 4.47 Å². The van der Waals surface area contributed by atoms with Crippen molar-refractivity contribution < 1.29 is 13.9 Å². The van der Waals surface area contributed by atoms with E-state index in [1.165, 1.54) is 12.3 Å². The first-order valence-corrected chi connectivity index (χ1v) is 6.32. The fourth-order valence-corrected chi connectivity index (χ4v) is 2.01. The van der Waals surface area contributed by atoms with E-state index in [2.05, 4.69) is 21.2 Å². The molecule has 2 N–H and O–H groups in total. The molecule has 96 valence electrons. The molecule has 3 nitrogen and oxygen atoms in total. The second-order valence-corrected chi connectivity index (χ2v) is 4.81. The Bertz CT molecular complexity index is 502. The van der Waals surface area contributed by atoms with Gasteiger partial charge in [-0.1, -0.05) is 15.9 Å². The summed E-state index contributed by atoms with van der Waals surface area (Å²) < 4.78 is 19.3. The Morgan fingerprint density at radius 2 is 2.22 bits per heavy atom. The number of aliphatic hydroxyl groups is 1. The highest BCUT2D eigenvalue weighted by atomic mass is 79.9. The second kappa shape index (κ2) is 6.13. The average Bonchev–Trinajstić information content (AvgIpc) is 2.87. The molecular weight excluding hydrogens is 301 g/mol. The quantitative estimate of drug-likeness (QED) is 0.892. The van der Waals surface area contributed by atoms with E-state index in [1.54, 1.807) is 24.3 Å². The summed E-state index contributed by atoms with van der Waals surface area (Å²) in [4.78, 5) is 0. The Hall–Kier alpha value is -1.17. The maximum atomic E-state index is 13.4. The van der Waals surface area contributed by atoms with Crippen molar-refractivity contribution in [2.45, 2.75) is 12.6 Å². The monoisotopic (exact) mass is 313 g/mol. The van der Waals surface area contributed by atoms with Crippen LogP contribution in [0.1, 0.15) is 17.4 Å². The molecule has 0 fully saturated rings. The minimum atomic E-state index is -0.727. The average molecular weight is 314 g/mol. The SMILES string of the molecule is OC(CNCc1cc(Br)ccc1F)c1ccco1. The van der Waals surface area contributed by atoms with Gasteiger partial charge in [0.25, 0.3) is 0 Å². The molecule has 1 atom stereocenters. The zero-order valence-corrected chi connectivity index (χ0v) is 11.2. The lowest BCUT2D eigenvalue weighted by Gasteiger charge is -2.10. The summed E-state index contributed by atoms with van der Waals surface area (Å²) in [5.74, 6) is 0.232. The number of benzene rings is 1. The molecule has 18 heavy (non-hydrogen) atoms. The summed E-state index contributed by atoms with van der Waals surface area (Å²) in [6, 6.07) is 8.18. The Balaban J connectivity index is 1.87. The molecular formula is C13H13BrFNO2. The van der Waals surface area contributed by atoms with Gasteiger partial charge in [0.05, 0.1) is 6.26 Å². The smallest absolute Gasteiger partial charge is 0.133 e. The molecule has 0 saturated heterocycles. The largest absolute Gasteiger partial charge is 0.467 e. The van der Waals surface area contributed by atoms with Gasteiger partial charge in [-0.25, -0.2) is 4.39 Å². The topological polar surface area (TPSA) is 45.4 Å². The fraction of sp³-hybridized carbons (Fsp3) is 0.231. The van der Waals surface area contributed by atoms with E-state index in [4.69, 9.17) is 4.42 Å². The minimum Gasteiger partial charge on any atom is -0.467 e. The van der Waals surface area contributed by atoms with E-state index in [9.17, 15) is 9.50 Å². The van der Waals surface area contributed by atoms with Crippen LogP contribution in [0.3, 0.4) is 0 Å². The first kappa shape index (κ1) is 13.3. The number of halogens is 2. The van der Waals surface area contributed by atoms with Crippen LogP contribution in [0.25, 0.3) is 0 Å². The van der Waals surface area contributed by atoms with E-state index >= 15 is 0 Å². The molecule has 0 radical (unpaired) electrons. The first-order valence-electron chi connectivity index (χ1n) is 5.53. The van der Waals surface area contributed by atoms with Gasteiger partial charge in [0.15, 0.2) is 0 Å². The van der Waals surface area contributed by atoms with Crippen LogP contribution in [0.15, 0.2) is 45.5 Å². The van der Waals surface area contributed by atoms with Gasteiger partial charge in [-0.15, -0.1) is 0 Å². The summed E-state index contributed by atoms with van der Waals surface area (Å²) >= 11 is 3.29. The molecule has 1 aromatic heterocycles. The molecule has 0 spiro atoms. The molecule has 0 bridgehead atoms. The van der Waals surface area contributed by atoms with Crippen LogP contribution in [0.4, 0.5) is 4.39 Å². The highest BCUT2D eigenvalue weighted by Crippen LogP contribution is 2.16. The zero-order chi connectivity index (χ0) is 13.0. The predicted octanol–water partition coefficient (Wildman–Crippen LogP) is 3.00. The number of furan rings is 1. The van der Waals surface area contributed by atoms with Gasteiger partial charge < -0.3 is 14.8 Å². The molecule has 0 aliphatic carbocycles. The predicted molar refractivity (Wildman–Crippen MR) is 69.5 cm³/mol. The molecule has 0 saturated carbocycles. The van der Waals surface area contributed by atoms with Crippen LogP contribution >= 0.6 is 15.9 Å². The molecule has 5 heteroatoms. The zero-order valence-electron chi connectivity index (χ0n) is 9.57. The lowest BCUT2D eigenvalue weighted by molar-refractivity contribution is 0.147. The highest BCUT2D eigenvalue weighted by Gasteiger charge is 2.10. The van der Waals surface area contributed by atoms with Crippen LogP contribution in [-0.2, 0) is 6.54 Å².